The van der Waals surface area contributed by atoms with Gasteiger partial charge in [0, 0.05) is 13.7 Å². The fourth-order valence-corrected chi connectivity index (χ4v) is 2.85. The van der Waals surface area contributed by atoms with Gasteiger partial charge < -0.3 is 15.4 Å². The largest absolute Gasteiger partial charge is 0.381 e. The standard InChI is InChI=1S/C13H24N2O2/c1-17-11-6-4-10(5-7-11)9-15-13(16)12-3-2-8-14-12/h10-12,14H,2-9H2,1H3,(H,15,16). The molecule has 1 aliphatic carbocycles. The molecule has 17 heavy (non-hydrogen) atoms. The van der Waals surface area contributed by atoms with E-state index in [2.05, 4.69) is 10.6 Å². The first-order valence-electron chi connectivity index (χ1n) is 6.83. The van der Waals surface area contributed by atoms with Gasteiger partial charge in [-0.15, -0.1) is 0 Å². The molecule has 98 valence electrons. The van der Waals surface area contributed by atoms with Crippen LogP contribution in [0.15, 0.2) is 0 Å². The summed E-state index contributed by atoms with van der Waals surface area (Å²) in [6, 6.07) is 0.0605. The van der Waals surface area contributed by atoms with Crippen LogP contribution in [0.5, 0.6) is 0 Å². The van der Waals surface area contributed by atoms with Crippen molar-refractivity contribution in [3.63, 3.8) is 0 Å². The molecule has 1 saturated carbocycles. The summed E-state index contributed by atoms with van der Waals surface area (Å²) in [5.41, 5.74) is 0. The van der Waals surface area contributed by atoms with E-state index in [1.165, 1.54) is 12.8 Å². The lowest BCUT2D eigenvalue weighted by Gasteiger charge is -2.27. The average molecular weight is 240 g/mol. The second-order valence-corrected chi connectivity index (χ2v) is 5.27. The van der Waals surface area contributed by atoms with E-state index in [4.69, 9.17) is 4.74 Å². The van der Waals surface area contributed by atoms with Crippen molar-refractivity contribution in [3.05, 3.63) is 0 Å². The molecule has 2 aliphatic rings. The van der Waals surface area contributed by atoms with Crippen LogP contribution in [-0.4, -0.2) is 38.3 Å². The Hall–Kier alpha value is -0.610. The van der Waals surface area contributed by atoms with Crippen LogP contribution in [0.2, 0.25) is 0 Å². The van der Waals surface area contributed by atoms with Crippen molar-refractivity contribution in [2.45, 2.75) is 50.7 Å². The Bertz CT molecular complexity index is 244. The molecule has 0 aromatic carbocycles. The van der Waals surface area contributed by atoms with Gasteiger partial charge in [-0.05, 0) is 51.0 Å². The van der Waals surface area contributed by atoms with E-state index < -0.39 is 0 Å². The summed E-state index contributed by atoms with van der Waals surface area (Å²) >= 11 is 0. The fraction of sp³-hybridized carbons (Fsp3) is 0.923. The lowest BCUT2D eigenvalue weighted by atomic mass is 9.87. The van der Waals surface area contributed by atoms with Crippen molar-refractivity contribution < 1.29 is 9.53 Å². The number of nitrogens with one attached hydrogen (secondary N) is 2. The predicted molar refractivity (Wildman–Crippen MR) is 66.8 cm³/mol. The highest BCUT2D eigenvalue weighted by Crippen LogP contribution is 2.25. The van der Waals surface area contributed by atoms with Gasteiger partial charge in [0.1, 0.15) is 0 Å². The Labute approximate surface area is 103 Å². The number of carbonyl (C=O) groups excluding carboxylic acids is 1. The number of hydrogen-bond acceptors (Lipinski definition) is 3. The Kier molecular flexibility index (Phi) is 4.80. The van der Waals surface area contributed by atoms with Crippen molar-refractivity contribution in [2.24, 2.45) is 5.92 Å². The monoisotopic (exact) mass is 240 g/mol. The zero-order chi connectivity index (χ0) is 12.1. The molecule has 4 nitrogen and oxygen atoms in total. The Morgan fingerprint density at radius 1 is 1.29 bits per heavy atom. The summed E-state index contributed by atoms with van der Waals surface area (Å²) in [5.74, 6) is 0.836. The third-order valence-electron chi connectivity index (χ3n) is 4.07. The second-order valence-electron chi connectivity index (χ2n) is 5.27. The Morgan fingerprint density at radius 3 is 2.65 bits per heavy atom. The average Bonchev–Trinajstić information content (AvgIpc) is 2.90. The topological polar surface area (TPSA) is 50.4 Å². The molecule has 2 fully saturated rings. The highest BCUT2D eigenvalue weighted by molar-refractivity contribution is 5.81. The summed E-state index contributed by atoms with van der Waals surface area (Å²) in [5, 5.41) is 6.31. The summed E-state index contributed by atoms with van der Waals surface area (Å²) < 4.78 is 5.35. The molecule has 0 bridgehead atoms. The van der Waals surface area contributed by atoms with E-state index in [1.54, 1.807) is 7.11 Å². The molecule has 0 aromatic heterocycles. The molecule has 0 radical (unpaired) electrons. The lowest BCUT2D eigenvalue weighted by Crippen LogP contribution is -2.42. The van der Waals surface area contributed by atoms with E-state index >= 15 is 0 Å². The van der Waals surface area contributed by atoms with Crippen LogP contribution >= 0.6 is 0 Å². The minimum Gasteiger partial charge on any atom is -0.381 e. The first-order valence-corrected chi connectivity index (χ1v) is 6.83. The SMILES string of the molecule is COC1CCC(CNC(=O)C2CCCN2)CC1. The predicted octanol–water partition coefficient (Wildman–Crippen LogP) is 1.06. The van der Waals surface area contributed by atoms with Crippen LogP contribution in [0.4, 0.5) is 0 Å². The quantitative estimate of drug-likeness (QED) is 0.772. The summed E-state index contributed by atoms with van der Waals surface area (Å²) in [4.78, 5) is 11.8. The highest BCUT2D eigenvalue weighted by atomic mass is 16.5. The normalized spacial score (nSPS) is 33.6. The summed E-state index contributed by atoms with van der Waals surface area (Å²) in [6.07, 6.45) is 7.18. The lowest BCUT2D eigenvalue weighted by molar-refractivity contribution is -0.123. The molecule has 1 unspecified atom stereocenters. The number of ether oxygens (including phenoxy) is 1. The maximum Gasteiger partial charge on any atom is 0.237 e. The molecule has 2 N–H and O–H groups in total. The molecule has 1 heterocycles. The van der Waals surface area contributed by atoms with Crippen molar-refractivity contribution in [1.82, 2.24) is 10.6 Å². The van der Waals surface area contributed by atoms with Gasteiger partial charge in [-0.1, -0.05) is 0 Å². The van der Waals surface area contributed by atoms with Gasteiger partial charge in [0.05, 0.1) is 12.1 Å². The number of hydrogen-bond donors (Lipinski definition) is 2. The molecule has 1 atom stereocenters. The van der Waals surface area contributed by atoms with Crippen LogP contribution in [0, 0.1) is 5.92 Å². The van der Waals surface area contributed by atoms with E-state index in [9.17, 15) is 4.79 Å². The molecule has 2 rings (SSSR count). The molecular weight excluding hydrogens is 216 g/mol. The number of amides is 1. The van der Waals surface area contributed by atoms with Gasteiger partial charge in [-0.2, -0.15) is 0 Å². The fourth-order valence-electron chi connectivity index (χ4n) is 2.85. The molecule has 1 saturated heterocycles. The zero-order valence-electron chi connectivity index (χ0n) is 10.7. The first kappa shape index (κ1) is 12.8. The molecular formula is C13H24N2O2. The Morgan fingerprint density at radius 2 is 2.06 bits per heavy atom. The van der Waals surface area contributed by atoms with Gasteiger partial charge in [-0.3, -0.25) is 4.79 Å². The third kappa shape index (κ3) is 3.68. The van der Waals surface area contributed by atoms with Crippen molar-refractivity contribution in [3.8, 4) is 0 Å². The third-order valence-corrected chi connectivity index (χ3v) is 4.07. The van der Waals surface area contributed by atoms with Crippen LogP contribution in [0.1, 0.15) is 38.5 Å². The minimum absolute atomic E-state index is 0.0605. The van der Waals surface area contributed by atoms with Crippen molar-refractivity contribution in [1.29, 1.82) is 0 Å². The van der Waals surface area contributed by atoms with Crippen molar-refractivity contribution in [2.75, 3.05) is 20.2 Å². The van der Waals surface area contributed by atoms with Gasteiger partial charge in [0.15, 0.2) is 0 Å². The van der Waals surface area contributed by atoms with Crippen molar-refractivity contribution >= 4 is 5.91 Å². The summed E-state index contributed by atoms with van der Waals surface area (Å²) in [7, 11) is 1.79. The smallest absolute Gasteiger partial charge is 0.237 e. The van der Waals surface area contributed by atoms with Gasteiger partial charge in [0.2, 0.25) is 5.91 Å². The number of carbonyl (C=O) groups is 1. The number of methoxy groups -OCH3 is 1. The summed E-state index contributed by atoms with van der Waals surface area (Å²) in [6.45, 7) is 1.82. The van der Waals surface area contributed by atoms with Crippen LogP contribution in [0.25, 0.3) is 0 Å². The zero-order valence-corrected chi connectivity index (χ0v) is 10.7. The Balaban J connectivity index is 1.63. The maximum atomic E-state index is 11.8. The van der Waals surface area contributed by atoms with E-state index in [0.29, 0.717) is 12.0 Å². The maximum absolute atomic E-state index is 11.8. The highest BCUT2D eigenvalue weighted by Gasteiger charge is 2.24. The number of rotatable bonds is 4. The molecule has 4 heteroatoms. The minimum atomic E-state index is 0.0605. The molecule has 1 aliphatic heterocycles. The molecule has 0 spiro atoms. The van der Waals surface area contributed by atoms with E-state index in [-0.39, 0.29) is 11.9 Å². The first-order chi connectivity index (χ1) is 8.29. The van der Waals surface area contributed by atoms with E-state index in [1.807, 2.05) is 0 Å². The van der Waals surface area contributed by atoms with E-state index in [0.717, 1.165) is 38.8 Å². The van der Waals surface area contributed by atoms with Crippen LogP contribution in [0.3, 0.4) is 0 Å². The van der Waals surface area contributed by atoms with Gasteiger partial charge in [0.25, 0.3) is 0 Å². The molecule has 1 amide bonds. The van der Waals surface area contributed by atoms with Crippen LogP contribution < -0.4 is 10.6 Å². The van der Waals surface area contributed by atoms with Gasteiger partial charge in [-0.25, -0.2) is 0 Å². The second kappa shape index (κ2) is 6.36. The van der Waals surface area contributed by atoms with Crippen LogP contribution in [-0.2, 0) is 9.53 Å². The van der Waals surface area contributed by atoms with Gasteiger partial charge >= 0.3 is 0 Å². The molecule has 0 aromatic rings.